The maximum absolute atomic E-state index is 3.48. The number of anilines is 1. The van der Waals surface area contributed by atoms with E-state index in [2.05, 4.69) is 53.3 Å². The largest absolute Gasteiger partial charge is 0.382 e. The number of fused-ring (bicyclic) bond motifs is 1. The average molecular weight is 226 g/mol. The van der Waals surface area contributed by atoms with Crippen molar-refractivity contribution in [2.45, 2.75) is 25.8 Å². The van der Waals surface area contributed by atoms with E-state index >= 15 is 0 Å². The summed E-state index contributed by atoms with van der Waals surface area (Å²) in [7, 11) is 0. The van der Waals surface area contributed by atoms with E-state index in [9.17, 15) is 0 Å². The lowest BCUT2D eigenvalue weighted by molar-refractivity contribution is 0.690. The van der Waals surface area contributed by atoms with Crippen molar-refractivity contribution in [2.24, 2.45) is 0 Å². The maximum atomic E-state index is 3.48. The van der Waals surface area contributed by atoms with E-state index in [0.29, 0.717) is 12.0 Å². The van der Waals surface area contributed by atoms with Gasteiger partial charge in [0.2, 0.25) is 0 Å². The zero-order chi connectivity index (χ0) is 8.72. The van der Waals surface area contributed by atoms with Crippen molar-refractivity contribution >= 4 is 21.6 Å². The van der Waals surface area contributed by atoms with Crippen LogP contribution in [0.1, 0.15) is 25.3 Å². The molecule has 1 N–H and O–H groups in total. The van der Waals surface area contributed by atoms with Crippen LogP contribution in [0.25, 0.3) is 0 Å². The molecule has 12 heavy (non-hydrogen) atoms. The van der Waals surface area contributed by atoms with Crippen molar-refractivity contribution in [3.63, 3.8) is 0 Å². The number of nitrogens with one attached hydrogen (secondary N) is 1. The van der Waals surface area contributed by atoms with Gasteiger partial charge in [-0.3, -0.25) is 0 Å². The van der Waals surface area contributed by atoms with Gasteiger partial charge in [-0.1, -0.05) is 22.9 Å². The van der Waals surface area contributed by atoms with Crippen LogP contribution < -0.4 is 5.32 Å². The molecule has 0 bridgehead atoms. The summed E-state index contributed by atoms with van der Waals surface area (Å²) in [5.74, 6) is 0.623. The summed E-state index contributed by atoms with van der Waals surface area (Å²) in [5, 5.41) is 3.45. The molecule has 0 spiro atoms. The molecule has 1 nitrogen and oxygen atoms in total. The maximum Gasteiger partial charge on any atom is 0.0379 e. The zero-order valence-corrected chi connectivity index (χ0v) is 8.85. The SMILES string of the molecule is CC1Nc2ccc(Br)cc2C1C. The van der Waals surface area contributed by atoms with Crippen molar-refractivity contribution < 1.29 is 0 Å². The Balaban J connectivity index is 2.48. The van der Waals surface area contributed by atoms with E-state index in [1.165, 1.54) is 15.7 Å². The molecule has 2 unspecified atom stereocenters. The van der Waals surface area contributed by atoms with Crippen LogP contribution in [0.2, 0.25) is 0 Å². The molecule has 1 aliphatic heterocycles. The average Bonchev–Trinajstić information content (AvgIpc) is 2.31. The van der Waals surface area contributed by atoms with Crippen LogP contribution in [0, 0.1) is 0 Å². The van der Waals surface area contributed by atoms with E-state index in [1.807, 2.05) is 0 Å². The minimum Gasteiger partial charge on any atom is -0.382 e. The second kappa shape index (κ2) is 2.77. The van der Waals surface area contributed by atoms with Crippen LogP contribution in [0.5, 0.6) is 0 Å². The molecule has 0 aromatic heterocycles. The van der Waals surface area contributed by atoms with Crippen LogP contribution in [-0.2, 0) is 0 Å². The molecule has 0 saturated heterocycles. The summed E-state index contributed by atoms with van der Waals surface area (Å²) >= 11 is 3.48. The van der Waals surface area contributed by atoms with Crippen molar-refractivity contribution in [3.8, 4) is 0 Å². The number of benzene rings is 1. The van der Waals surface area contributed by atoms with Crippen LogP contribution in [0.4, 0.5) is 5.69 Å². The first-order valence-electron chi connectivity index (χ1n) is 4.24. The lowest BCUT2D eigenvalue weighted by Gasteiger charge is -2.08. The predicted molar refractivity (Wildman–Crippen MR) is 55.6 cm³/mol. The van der Waals surface area contributed by atoms with E-state index in [0.717, 1.165) is 0 Å². The fourth-order valence-corrected chi connectivity index (χ4v) is 2.06. The molecule has 1 aromatic carbocycles. The van der Waals surface area contributed by atoms with Gasteiger partial charge in [-0.05, 0) is 30.7 Å². The summed E-state index contributed by atoms with van der Waals surface area (Å²) in [5.41, 5.74) is 2.72. The van der Waals surface area contributed by atoms with E-state index in [-0.39, 0.29) is 0 Å². The quantitative estimate of drug-likeness (QED) is 0.715. The molecule has 1 aromatic rings. The van der Waals surface area contributed by atoms with Gasteiger partial charge in [-0.15, -0.1) is 0 Å². The molecule has 2 atom stereocenters. The Morgan fingerprint density at radius 1 is 1.33 bits per heavy atom. The molecule has 2 heteroatoms. The fraction of sp³-hybridized carbons (Fsp3) is 0.400. The highest BCUT2D eigenvalue weighted by molar-refractivity contribution is 9.10. The lowest BCUT2D eigenvalue weighted by Crippen LogP contribution is -2.12. The second-order valence-corrected chi connectivity index (χ2v) is 4.37. The van der Waals surface area contributed by atoms with Gasteiger partial charge in [0, 0.05) is 22.1 Å². The number of hydrogen-bond acceptors (Lipinski definition) is 1. The summed E-state index contributed by atoms with van der Waals surface area (Å²) < 4.78 is 1.17. The topological polar surface area (TPSA) is 12.0 Å². The first-order chi connectivity index (χ1) is 5.68. The minimum absolute atomic E-state index is 0.564. The van der Waals surface area contributed by atoms with Crippen LogP contribution in [0.15, 0.2) is 22.7 Å². The van der Waals surface area contributed by atoms with Gasteiger partial charge in [0.25, 0.3) is 0 Å². The van der Waals surface area contributed by atoms with Crippen molar-refractivity contribution in [1.29, 1.82) is 0 Å². The summed E-state index contributed by atoms with van der Waals surface area (Å²) in [4.78, 5) is 0. The van der Waals surface area contributed by atoms with Gasteiger partial charge in [0.15, 0.2) is 0 Å². The normalized spacial score (nSPS) is 26.6. The molecule has 0 aliphatic carbocycles. The monoisotopic (exact) mass is 225 g/mol. The van der Waals surface area contributed by atoms with E-state index < -0.39 is 0 Å². The molecular formula is C10H12BrN. The van der Waals surface area contributed by atoms with Gasteiger partial charge < -0.3 is 5.32 Å². The Kier molecular flexibility index (Phi) is 1.87. The molecule has 0 radical (unpaired) electrons. The smallest absolute Gasteiger partial charge is 0.0379 e. The first kappa shape index (κ1) is 8.11. The number of halogens is 1. The van der Waals surface area contributed by atoms with Crippen molar-refractivity contribution in [2.75, 3.05) is 5.32 Å². The van der Waals surface area contributed by atoms with Gasteiger partial charge in [0.1, 0.15) is 0 Å². The predicted octanol–water partition coefficient (Wildman–Crippen LogP) is 3.37. The third-order valence-corrected chi connectivity index (χ3v) is 3.13. The van der Waals surface area contributed by atoms with E-state index in [4.69, 9.17) is 0 Å². The summed E-state index contributed by atoms with van der Waals surface area (Å²) in [6, 6.07) is 6.99. The Labute approximate surface area is 81.3 Å². The van der Waals surface area contributed by atoms with Gasteiger partial charge >= 0.3 is 0 Å². The highest BCUT2D eigenvalue weighted by atomic mass is 79.9. The molecule has 0 amide bonds. The summed E-state index contributed by atoms with van der Waals surface area (Å²) in [6.07, 6.45) is 0. The molecular weight excluding hydrogens is 214 g/mol. The number of rotatable bonds is 0. The highest BCUT2D eigenvalue weighted by Crippen LogP contribution is 2.36. The Hall–Kier alpha value is -0.500. The fourth-order valence-electron chi connectivity index (χ4n) is 1.68. The second-order valence-electron chi connectivity index (χ2n) is 3.45. The third-order valence-electron chi connectivity index (χ3n) is 2.64. The van der Waals surface area contributed by atoms with Gasteiger partial charge in [-0.25, -0.2) is 0 Å². The van der Waals surface area contributed by atoms with Crippen LogP contribution in [-0.4, -0.2) is 6.04 Å². The third kappa shape index (κ3) is 1.14. The number of hydrogen-bond donors (Lipinski definition) is 1. The van der Waals surface area contributed by atoms with Gasteiger partial charge in [-0.2, -0.15) is 0 Å². The zero-order valence-electron chi connectivity index (χ0n) is 7.26. The Morgan fingerprint density at radius 2 is 2.08 bits per heavy atom. The van der Waals surface area contributed by atoms with Crippen LogP contribution in [0.3, 0.4) is 0 Å². The highest BCUT2D eigenvalue weighted by Gasteiger charge is 2.24. The standard InChI is InChI=1S/C10H12BrN/c1-6-7(2)12-10-4-3-8(11)5-9(6)10/h3-7,12H,1-2H3. The Morgan fingerprint density at radius 3 is 2.83 bits per heavy atom. The van der Waals surface area contributed by atoms with E-state index in [1.54, 1.807) is 0 Å². The molecule has 1 aliphatic rings. The van der Waals surface area contributed by atoms with Crippen molar-refractivity contribution in [1.82, 2.24) is 0 Å². The van der Waals surface area contributed by atoms with Crippen molar-refractivity contribution in [3.05, 3.63) is 28.2 Å². The van der Waals surface area contributed by atoms with Gasteiger partial charge in [0.05, 0.1) is 0 Å². The first-order valence-corrected chi connectivity index (χ1v) is 5.04. The Bertz CT molecular complexity index is 309. The molecule has 0 saturated carbocycles. The molecule has 0 fully saturated rings. The lowest BCUT2D eigenvalue weighted by atomic mass is 9.99. The van der Waals surface area contributed by atoms with Crippen LogP contribution >= 0.6 is 15.9 Å². The molecule has 1 heterocycles. The minimum atomic E-state index is 0.564. The molecule has 2 rings (SSSR count). The molecule has 64 valence electrons. The summed E-state index contributed by atoms with van der Waals surface area (Å²) in [6.45, 7) is 4.48.